The number of benzene rings is 2. The number of rotatable bonds is 6. The predicted octanol–water partition coefficient (Wildman–Crippen LogP) is 3.15. The minimum atomic E-state index is -0.626. The molecule has 2 aromatic rings. The lowest BCUT2D eigenvalue weighted by Crippen LogP contribution is -2.48. The van der Waals surface area contributed by atoms with Crippen molar-refractivity contribution in [2.45, 2.75) is 13.0 Å². The van der Waals surface area contributed by atoms with Crippen molar-refractivity contribution in [1.29, 1.82) is 0 Å². The largest absolute Gasteiger partial charge is 0.460 e. The van der Waals surface area contributed by atoms with E-state index < -0.39 is 12.0 Å². The lowest BCUT2D eigenvalue weighted by atomic mass is 9.94. The maximum Gasteiger partial charge on any atom is 0.338 e. The van der Waals surface area contributed by atoms with Gasteiger partial charge in [-0.05, 0) is 24.6 Å². The summed E-state index contributed by atoms with van der Waals surface area (Å²) in [7, 11) is 1.54. The highest BCUT2D eigenvalue weighted by Gasteiger charge is 2.37. The molecule has 2 aliphatic heterocycles. The zero-order chi connectivity index (χ0) is 21.1. The molecule has 1 N–H and O–H groups in total. The summed E-state index contributed by atoms with van der Waals surface area (Å²) in [5, 5.41) is 2.93. The number of anilines is 1. The maximum absolute atomic E-state index is 13.1. The van der Waals surface area contributed by atoms with Crippen molar-refractivity contribution in [3.63, 3.8) is 0 Å². The van der Waals surface area contributed by atoms with Crippen LogP contribution >= 0.6 is 0 Å². The molecule has 30 heavy (non-hydrogen) atoms. The molecule has 1 atom stereocenters. The molecule has 0 aromatic heterocycles. The minimum Gasteiger partial charge on any atom is -0.460 e. The van der Waals surface area contributed by atoms with E-state index in [0.717, 1.165) is 5.56 Å². The summed E-state index contributed by atoms with van der Waals surface area (Å²) in [4.78, 5) is 27.5. The lowest BCUT2D eigenvalue weighted by molar-refractivity contribution is -0.140. The molecule has 0 saturated heterocycles. The van der Waals surface area contributed by atoms with Gasteiger partial charge in [0.1, 0.15) is 6.61 Å². The van der Waals surface area contributed by atoms with E-state index in [-0.39, 0.29) is 26.0 Å². The van der Waals surface area contributed by atoms with Crippen molar-refractivity contribution in [2.75, 3.05) is 32.0 Å². The summed E-state index contributed by atoms with van der Waals surface area (Å²) >= 11 is 0. The van der Waals surface area contributed by atoms with Crippen LogP contribution in [0.3, 0.4) is 0 Å². The monoisotopic (exact) mass is 410 g/mol. The third kappa shape index (κ3) is 3.69. The van der Waals surface area contributed by atoms with Crippen LogP contribution in [-0.4, -0.2) is 39.1 Å². The number of nitrogens with zero attached hydrogens (tertiary/aromatic N) is 1. The number of esters is 1. The van der Waals surface area contributed by atoms with Crippen LogP contribution in [0.4, 0.5) is 10.5 Å². The first-order valence-corrected chi connectivity index (χ1v) is 9.52. The minimum absolute atomic E-state index is 0.117. The Hall–Kier alpha value is -3.52. The molecule has 8 heteroatoms. The molecule has 0 radical (unpaired) electrons. The first-order chi connectivity index (χ1) is 14.6. The second-order valence-corrected chi connectivity index (χ2v) is 6.79. The highest BCUT2D eigenvalue weighted by molar-refractivity contribution is 6.03. The Kier molecular flexibility index (Phi) is 5.58. The van der Waals surface area contributed by atoms with Gasteiger partial charge in [-0.25, -0.2) is 9.59 Å². The number of methoxy groups -OCH3 is 1. The fraction of sp³-hybridized carbons (Fsp3) is 0.273. The van der Waals surface area contributed by atoms with E-state index in [1.807, 2.05) is 30.3 Å². The summed E-state index contributed by atoms with van der Waals surface area (Å²) in [6, 6.07) is 13.5. The Morgan fingerprint density at radius 2 is 1.90 bits per heavy atom. The first-order valence-electron chi connectivity index (χ1n) is 9.52. The van der Waals surface area contributed by atoms with Gasteiger partial charge in [-0.3, -0.25) is 4.90 Å². The molecule has 2 amide bonds. The van der Waals surface area contributed by atoms with Crippen molar-refractivity contribution in [1.82, 2.24) is 5.32 Å². The van der Waals surface area contributed by atoms with Crippen molar-refractivity contribution in [3.8, 4) is 11.5 Å². The molecule has 0 aliphatic carbocycles. The van der Waals surface area contributed by atoms with Gasteiger partial charge in [-0.2, -0.15) is 0 Å². The summed E-state index contributed by atoms with van der Waals surface area (Å²) in [5.74, 6) is 0.644. The number of carbonyl (C=O) groups excluding carboxylic acids is 2. The zero-order valence-electron chi connectivity index (χ0n) is 16.7. The molecular formula is C22H22N2O6. The number of ether oxygens (including phenoxy) is 4. The Morgan fingerprint density at radius 3 is 2.67 bits per heavy atom. The molecular weight excluding hydrogens is 388 g/mol. The smallest absolute Gasteiger partial charge is 0.338 e. The van der Waals surface area contributed by atoms with Crippen LogP contribution in [0, 0.1) is 0 Å². The number of fused-ring (bicyclic) bond motifs is 1. The Labute approximate surface area is 174 Å². The van der Waals surface area contributed by atoms with E-state index in [2.05, 4.69) is 5.32 Å². The number of nitrogens with one attached hydrogen (secondary N) is 1. The molecule has 8 nitrogen and oxygen atoms in total. The molecule has 2 aromatic carbocycles. The number of allylic oxidation sites excluding steroid dienone is 1. The normalized spacial score (nSPS) is 17.7. The van der Waals surface area contributed by atoms with E-state index in [9.17, 15) is 9.59 Å². The number of urea groups is 1. The van der Waals surface area contributed by atoms with Crippen LogP contribution in [0.25, 0.3) is 0 Å². The molecule has 0 saturated carbocycles. The molecule has 0 unspecified atom stereocenters. The SMILES string of the molecule is COCCOC(=O)C1=C(C)N(c2ccc3c(c2)OCO3)C(=O)N[C@H]1c1ccccc1. The Balaban J connectivity index is 1.75. The molecule has 156 valence electrons. The van der Waals surface area contributed by atoms with Crippen LogP contribution in [0.15, 0.2) is 59.8 Å². The van der Waals surface area contributed by atoms with Gasteiger partial charge >= 0.3 is 12.0 Å². The summed E-state index contributed by atoms with van der Waals surface area (Å²) in [6.07, 6.45) is 0. The second-order valence-electron chi connectivity index (χ2n) is 6.79. The van der Waals surface area contributed by atoms with Crippen LogP contribution in [0.2, 0.25) is 0 Å². The van der Waals surface area contributed by atoms with Crippen LogP contribution in [0.5, 0.6) is 11.5 Å². The summed E-state index contributed by atoms with van der Waals surface area (Å²) in [6.45, 7) is 2.26. The third-order valence-electron chi connectivity index (χ3n) is 4.97. The van der Waals surface area contributed by atoms with Gasteiger partial charge < -0.3 is 24.3 Å². The van der Waals surface area contributed by atoms with Crippen molar-refractivity contribution in [3.05, 3.63) is 65.4 Å². The molecule has 2 heterocycles. The average Bonchev–Trinajstić information content (AvgIpc) is 3.22. The molecule has 0 spiro atoms. The van der Waals surface area contributed by atoms with E-state index in [4.69, 9.17) is 18.9 Å². The average molecular weight is 410 g/mol. The highest BCUT2D eigenvalue weighted by atomic mass is 16.7. The third-order valence-corrected chi connectivity index (χ3v) is 4.97. The number of amides is 2. The standard InChI is InChI=1S/C22H22N2O6/c1-14-19(21(25)28-11-10-27-2)20(15-6-4-3-5-7-15)23-22(26)24(14)16-8-9-17-18(12-16)30-13-29-17/h3-9,12,20H,10-11,13H2,1-2H3,(H,23,26)/t20-/m0/s1. The van der Waals surface area contributed by atoms with E-state index in [1.54, 1.807) is 25.1 Å². The predicted molar refractivity (Wildman–Crippen MR) is 108 cm³/mol. The number of carbonyl (C=O) groups is 2. The summed E-state index contributed by atoms with van der Waals surface area (Å²) < 4.78 is 21.1. The Morgan fingerprint density at radius 1 is 1.13 bits per heavy atom. The van der Waals surface area contributed by atoms with E-state index in [1.165, 1.54) is 12.0 Å². The van der Waals surface area contributed by atoms with Gasteiger partial charge in [-0.1, -0.05) is 30.3 Å². The van der Waals surface area contributed by atoms with Crippen LogP contribution < -0.4 is 19.7 Å². The highest BCUT2D eigenvalue weighted by Crippen LogP contribution is 2.39. The molecule has 4 rings (SSSR count). The topological polar surface area (TPSA) is 86.3 Å². The van der Waals surface area contributed by atoms with E-state index in [0.29, 0.717) is 28.5 Å². The van der Waals surface area contributed by atoms with Crippen LogP contribution in [-0.2, 0) is 14.3 Å². The zero-order valence-corrected chi connectivity index (χ0v) is 16.7. The summed E-state index contributed by atoms with van der Waals surface area (Å²) in [5.41, 5.74) is 2.18. The van der Waals surface area contributed by atoms with Gasteiger partial charge in [0.15, 0.2) is 11.5 Å². The fourth-order valence-electron chi connectivity index (χ4n) is 3.53. The van der Waals surface area contributed by atoms with Gasteiger partial charge in [0, 0.05) is 18.9 Å². The van der Waals surface area contributed by atoms with Gasteiger partial charge in [0.05, 0.1) is 23.9 Å². The molecule has 0 bridgehead atoms. The fourth-order valence-corrected chi connectivity index (χ4v) is 3.53. The van der Waals surface area contributed by atoms with E-state index >= 15 is 0 Å². The first kappa shape index (κ1) is 19.8. The maximum atomic E-state index is 13.1. The Bertz CT molecular complexity index is 988. The van der Waals surface area contributed by atoms with Crippen molar-refractivity contribution in [2.24, 2.45) is 0 Å². The quantitative estimate of drug-likeness (QED) is 0.582. The van der Waals surface area contributed by atoms with Crippen LogP contribution in [0.1, 0.15) is 18.5 Å². The molecule has 2 aliphatic rings. The molecule has 0 fully saturated rings. The van der Waals surface area contributed by atoms with Gasteiger partial charge in [0.25, 0.3) is 0 Å². The van der Waals surface area contributed by atoms with Gasteiger partial charge in [-0.15, -0.1) is 0 Å². The van der Waals surface area contributed by atoms with Gasteiger partial charge in [0.2, 0.25) is 6.79 Å². The van der Waals surface area contributed by atoms with Crippen molar-refractivity contribution < 1.29 is 28.5 Å². The second kappa shape index (κ2) is 8.46. The number of hydrogen-bond donors (Lipinski definition) is 1. The number of hydrogen-bond acceptors (Lipinski definition) is 6. The van der Waals surface area contributed by atoms with Crippen molar-refractivity contribution >= 4 is 17.7 Å². The lowest BCUT2D eigenvalue weighted by Gasteiger charge is -2.35.